The Morgan fingerprint density at radius 3 is 2.00 bits per heavy atom. The van der Waals surface area contributed by atoms with Gasteiger partial charge in [0.25, 0.3) is 0 Å². The maximum Gasteiger partial charge on any atom is 0.245 e. The lowest BCUT2D eigenvalue weighted by atomic mass is 10.1. The second-order valence-electron chi connectivity index (χ2n) is 5.15. The summed E-state index contributed by atoms with van der Waals surface area (Å²) >= 11 is 0. The van der Waals surface area contributed by atoms with Crippen molar-refractivity contribution in [1.82, 2.24) is 0 Å². The Morgan fingerprint density at radius 1 is 0.947 bits per heavy atom. The van der Waals surface area contributed by atoms with Crippen molar-refractivity contribution in [1.29, 1.82) is 0 Å². The van der Waals surface area contributed by atoms with Crippen molar-refractivity contribution in [3.63, 3.8) is 0 Å². The van der Waals surface area contributed by atoms with Gasteiger partial charge in [-0.15, -0.1) is 0 Å². The highest BCUT2D eigenvalue weighted by atomic mass is 16.3. The van der Waals surface area contributed by atoms with Crippen LogP contribution in [-0.4, -0.2) is 23.8 Å². The molecule has 0 atom stereocenters. The van der Waals surface area contributed by atoms with Gasteiger partial charge in [-0.1, -0.05) is 64.7 Å². The van der Waals surface area contributed by atoms with E-state index < -0.39 is 0 Å². The zero-order valence-corrected chi connectivity index (χ0v) is 12.6. The van der Waals surface area contributed by atoms with Gasteiger partial charge in [0.05, 0.1) is 0 Å². The lowest BCUT2D eigenvalue weighted by molar-refractivity contribution is -0.117. The summed E-state index contributed by atoms with van der Waals surface area (Å²) in [6.07, 6.45) is 15.3. The third kappa shape index (κ3) is 15.2. The molecule has 0 aromatic heterocycles. The van der Waals surface area contributed by atoms with Crippen LogP contribution in [0.15, 0.2) is 4.99 Å². The molecular formula is C16H31NO2. The summed E-state index contributed by atoms with van der Waals surface area (Å²) < 4.78 is 0. The molecule has 1 amide bonds. The molecule has 0 radical (unpaired) electrons. The van der Waals surface area contributed by atoms with Gasteiger partial charge in [-0.2, -0.15) is 0 Å². The van der Waals surface area contributed by atoms with E-state index in [1.165, 1.54) is 57.6 Å². The second-order valence-corrected chi connectivity index (χ2v) is 5.15. The van der Waals surface area contributed by atoms with Crippen LogP contribution in [0.3, 0.4) is 0 Å². The molecule has 19 heavy (non-hydrogen) atoms. The van der Waals surface area contributed by atoms with Crippen LogP contribution in [0.4, 0.5) is 0 Å². The number of unbranched alkanes of at least 4 members (excludes halogenated alkanes) is 9. The van der Waals surface area contributed by atoms with Crippen LogP contribution in [0.5, 0.6) is 0 Å². The van der Waals surface area contributed by atoms with Crippen molar-refractivity contribution in [2.75, 3.05) is 6.61 Å². The molecular weight excluding hydrogens is 238 g/mol. The number of aliphatic imine (C=N–C) groups is 1. The van der Waals surface area contributed by atoms with Crippen molar-refractivity contribution in [3.8, 4) is 0 Å². The number of nitrogens with zero attached hydrogens (tertiary/aromatic N) is 1. The van der Waals surface area contributed by atoms with E-state index in [0.717, 1.165) is 12.8 Å². The zero-order valence-electron chi connectivity index (χ0n) is 12.6. The van der Waals surface area contributed by atoms with Crippen LogP contribution in [0, 0.1) is 0 Å². The van der Waals surface area contributed by atoms with Gasteiger partial charge in [0.1, 0.15) is 0 Å². The molecule has 0 rings (SSSR count). The maximum absolute atomic E-state index is 11.3. The van der Waals surface area contributed by atoms with E-state index >= 15 is 0 Å². The topological polar surface area (TPSA) is 49.7 Å². The van der Waals surface area contributed by atoms with Crippen LogP contribution in [-0.2, 0) is 4.79 Å². The monoisotopic (exact) mass is 269 g/mol. The van der Waals surface area contributed by atoms with E-state index in [4.69, 9.17) is 5.11 Å². The summed E-state index contributed by atoms with van der Waals surface area (Å²) in [4.78, 5) is 15.0. The molecule has 0 aliphatic carbocycles. The number of amides is 1. The minimum atomic E-state index is -0.0481. The lowest BCUT2D eigenvalue weighted by Crippen LogP contribution is -1.95. The molecule has 0 heterocycles. The molecule has 3 nitrogen and oxygen atoms in total. The largest absolute Gasteiger partial charge is 0.396 e. The zero-order chi connectivity index (χ0) is 14.2. The van der Waals surface area contributed by atoms with E-state index in [0.29, 0.717) is 12.8 Å². The van der Waals surface area contributed by atoms with Gasteiger partial charge in [-0.3, -0.25) is 4.79 Å². The summed E-state index contributed by atoms with van der Waals surface area (Å²) in [5.41, 5.74) is 0. The molecule has 3 heteroatoms. The SMILES string of the molecule is CCCCCCCCCCCCC(=O)N=CCCO. The Bertz CT molecular complexity index is 227. The van der Waals surface area contributed by atoms with E-state index in [-0.39, 0.29) is 12.5 Å². The van der Waals surface area contributed by atoms with E-state index in [9.17, 15) is 4.79 Å². The summed E-state index contributed by atoms with van der Waals surface area (Å²) in [7, 11) is 0. The van der Waals surface area contributed by atoms with Crippen molar-refractivity contribution < 1.29 is 9.90 Å². The summed E-state index contributed by atoms with van der Waals surface area (Å²) in [6, 6.07) is 0. The quantitative estimate of drug-likeness (QED) is 0.401. The highest BCUT2D eigenvalue weighted by molar-refractivity contribution is 5.84. The predicted molar refractivity (Wildman–Crippen MR) is 81.7 cm³/mol. The van der Waals surface area contributed by atoms with E-state index in [2.05, 4.69) is 11.9 Å². The van der Waals surface area contributed by atoms with Crippen molar-refractivity contribution in [2.45, 2.75) is 84.0 Å². The summed E-state index contributed by atoms with van der Waals surface area (Å²) in [5, 5.41) is 8.54. The lowest BCUT2D eigenvalue weighted by Gasteiger charge is -2.01. The Morgan fingerprint density at radius 2 is 1.47 bits per heavy atom. The molecule has 0 aromatic carbocycles. The number of hydrogen-bond acceptors (Lipinski definition) is 2. The third-order valence-corrected chi connectivity index (χ3v) is 3.24. The fourth-order valence-electron chi connectivity index (χ4n) is 2.05. The Balaban J connectivity index is 3.16. The molecule has 112 valence electrons. The van der Waals surface area contributed by atoms with Crippen LogP contribution < -0.4 is 0 Å². The maximum atomic E-state index is 11.3. The fourth-order valence-corrected chi connectivity index (χ4v) is 2.05. The molecule has 0 aliphatic heterocycles. The second kappa shape index (κ2) is 15.4. The molecule has 0 aliphatic rings. The standard InChI is InChI=1S/C16H31NO2/c1-2-3-4-5-6-7-8-9-10-11-13-16(19)17-14-12-15-18/h14,18H,2-13,15H2,1H3. The number of aliphatic hydroxyl groups excluding tert-OH is 1. The van der Waals surface area contributed by atoms with Crippen LogP contribution >= 0.6 is 0 Å². The van der Waals surface area contributed by atoms with Gasteiger partial charge in [0.15, 0.2) is 0 Å². The van der Waals surface area contributed by atoms with Gasteiger partial charge < -0.3 is 5.11 Å². The number of carbonyl (C=O) groups is 1. The minimum absolute atomic E-state index is 0.0481. The normalized spacial score (nSPS) is 11.3. The number of aliphatic hydroxyl groups is 1. The van der Waals surface area contributed by atoms with E-state index in [1.807, 2.05) is 0 Å². The highest BCUT2D eigenvalue weighted by Crippen LogP contribution is 2.11. The molecule has 1 N–H and O–H groups in total. The molecule has 0 saturated carbocycles. The first-order chi connectivity index (χ1) is 9.31. The van der Waals surface area contributed by atoms with Crippen LogP contribution in [0.2, 0.25) is 0 Å². The first kappa shape index (κ1) is 18.3. The minimum Gasteiger partial charge on any atom is -0.396 e. The first-order valence-electron chi connectivity index (χ1n) is 7.97. The third-order valence-electron chi connectivity index (χ3n) is 3.24. The molecule has 0 aromatic rings. The number of carbonyl (C=O) groups excluding carboxylic acids is 1. The van der Waals surface area contributed by atoms with Crippen molar-refractivity contribution in [3.05, 3.63) is 0 Å². The Labute approximate surface area is 118 Å². The fraction of sp³-hybridized carbons (Fsp3) is 0.875. The average Bonchev–Trinajstić information content (AvgIpc) is 2.41. The van der Waals surface area contributed by atoms with E-state index in [1.54, 1.807) is 0 Å². The summed E-state index contributed by atoms with van der Waals surface area (Å²) in [6.45, 7) is 2.31. The molecule has 0 fully saturated rings. The van der Waals surface area contributed by atoms with Gasteiger partial charge >= 0.3 is 0 Å². The number of hydrogen-bond donors (Lipinski definition) is 1. The van der Waals surface area contributed by atoms with Crippen molar-refractivity contribution in [2.24, 2.45) is 4.99 Å². The van der Waals surface area contributed by atoms with Crippen LogP contribution in [0.25, 0.3) is 0 Å². The molecule has 0 spiro atoms. The van der Waals surface area contributed by atoms with Gasteiger partial charge in [0, 0.05) is 25.7 Å². The molecule has 0 saturated heterocycles. The average molecular weight is 269 g/mol. The van der Waals surface area contributed by atoms with Crippen molar-refractivity contribution >= 4 is 12.1 Å². The Kier molecular flexibility index (Phi) is 14.8. The first-order valence-corrected chi connectivity index (χ1v) is 7.97. The highest BCUT2D eigenvalue weighted by Gasteiger charge is 1.98. The van der Waals surface area contributed by atoms with Crippen LogP contribution in [0.1, 0.15) is 84.0 Å². The van der Waals surface area contributed by atoms with Gasteiger partial charge in [0.2, 0.25) is 5.91 Å². The van der Waals surface area contributed by atoms with Gasteiger partial charge in [-0.05, 0) is 6.42 Å². The smallest absolute Gasteiger partial charge is 0.245 e. The molecule has 0 bridgehead atoms. The number of rotatable bonds is 13. The Hall–Kier alpha value is -0.700. The predicted octanol–water partition coefficient (Wildman–Crippen LogP) is 4.28. The summed E-state index contributed by atoms with van der Waals surface area (Å²) in [5.74, 6) is -0.0481. The molecule has 0 unspecified atom stereocenters. The van der Waals surface area contributed by atoms with Gasteiger partial charge in [-0.25, -0.2) is 4.99 Å².